The van der Waals surface area contributed by atoms with Crippen LogP contribution in [0.25, 0.3) is 0 Å². The van der Waals surface area contributed by atoms with E-state index in [0.29, 0.717) is 12.8 Å². The lowest BCUT2D eigenvalue weighted by atomic mass is 9.82. The van der Waals surface area contributed by atoms with Crippen molar-refractivity contribution in [3.63, 3.8) is 0 Å². The topological polar surface area (TPSA) is 129 Å². The Bertz CT molecular complexity index is 738. The maximum absolute atomic E-state index is 12.4. The van der Waals surface area contributed by atoms with Gasteiger partial charge in [0.1, 0.15) is 0 Å². The molecule has 40 heavy (non-hydrogen) atoms. The zero-order valence-electron chi connectivity index (χ0n) is 25.8. The summed E-state index contributed by atoms with van der Waals surface area (Å²) in [5, 5.41) is 19.7. The van der Waals surface area contributed by atoms with Gasteiger partial charge in [-0.15, -0.1) is 0 Å². The first kappa shape index (κ1) is 38.9. The first-order valence-electron chi connectivity index (χ1n) is 16.6. The van der Waals surface area contributed by atoms with Gasteiger partial charge in [-0.05, 0) is 12.8 Å². The number of carbonyl (C=O) groups is 2. The van der Waals surface area contributed by atoms with Crippen molar-refractivity contribution in [3.05, 3.63) is 0 Å². The van der Waals surface area contributed by atoms with Gasteiger partial charge in [0.05, 0.1) is 5.92 Å². The lowest BCUT2D eigenvalue weighted by Crippen LogP contribution is -2.55. The minimum atomic E-state index is -5.13. The normalized spacial score (nSPS) is 14.2. The summed E-state index contributed by atoms with van der Waals surface area (Å²) in [5.74, 6) is -4.90. The molecule has 0 aromatic heterocycles. The van der Waals surface area contributed by atoms with Crippen LogP contribution in [0, 0.1) is 5.92 Å². The van der Waals surface area contributed by atoms with Crippen LogP contribution in [0.5, 0.6) is 0 Å². The molecule has 0 aliphatic rings. The van der Waals surface area contributed by atoms with Crippen LogP contribution in [0.1, 0.15) is 181 Å². The third-order valence-electron chi connectivity index (χ3n) is 8.43. The Labute approximate surface area is 246 Å². The van der Waals surface area contributed by atoms with E-state index in [1.165, 1.54) is 77.0 Å². The fourth-order valence-electron chi connectivity index (χ4n) is 5.82. The van der Waals surface area contributed by atoms with E-state index in [1.54, 1.807) is 0 Å². The molecule has 0 rings (SSSR count). The number of carboxylic acid groups (broad SMARTS) is 2. The summed E-state index contributed by atoms with van der Waals surface area (Å²) >= 11 is 0. The van der Waals surface area contributed by atoms with Crippen LogP contribution in [0.15, 0.2) is 0 Å². The number of carboxylic acids is 2. The van der Waals surface area contributed by atoms with Gasteiger partial charge in [0.15, 0.2) is 0 Å². The Morgan fingerprint density at radius 1 is 0.550 bits per heavy atom. The van der Waals surface area contributed by atoms with E-state index in [4.69, 9.17) is 0 Å². The average molecular weight is 591 g/mol. The molecule has 0 spiro atoms. The van der Waals surface area contributed by atoms with Crippen LogP contribution >= 0.6 is 0 Å². The van der Waals surface area contributed by atoms with E-state index >= 15 is 0 Å². The summed E-state index contributed by atoms with van der Waals surface area (Å²) in [6.45, 7) is 4.38. The van der Waals surface area contributed by atoms with Gasteiger partial charge < -0.3 is 10.2 Å². The van der Waals surface area contributed by atoms with Gasteiger partial charge in [0.2, 0.25) is 4.75 Å². The van der Waals surface area contributed by atoms with Gasteiger partial charge in [-0.2, -0.15) is 8.42 Å². The third kappa shape index (κ3) is 17.0. The van der Waals surface area contributed by atoms with Crippen LogP contribution in [0.3, 0.4) is 0 Å². The van der Waals surface area contributed by atoms with Gasteiger partial charge >= 0.3 is 11.9 Å². The minimum absolute atomic E-state index is 0.0725. The molecular weight excluding hydrogens is 528 g/mol. The quantitative estimate of drug-likeness (QED) is 0.0561. The molecule has 3 N–H and O–H groups in total. The molecule has 0 amide bonds. The Morgan fingerprint density at radius 2 is 0.850 bits per heavy atom. The third-order valence-corrected chi connectivity index (χ3v) is 10.0. The van der Waals surface area contributed by atoms with E-state index in [-0.39, 0.29) is 19.3 Å². The molecule has 2 unspecified atom stereocenters. The zero-order valence-corrected chi connectivity index (χ0v) is 26.7. The van der Waals surface area contributed by atoms with Crippen LogP contribution in [0.4, 0.5) is 0 Å². The molecule has 238 valence electrons. The van der Waals surface area contributed by atoms with Crippen molar-refractivity contribution >= 4 is 22.1 Å². The van der Waals surface area contributed by atoms with Gasteiger partial charge in [0.25, 0.3) is 10.1 Å². The van der Waals surface area contributed by atoms with Crippen molar-refractivity contribution < 1.29 is 32.8 Å². The van der Waals surface area contributed by atoms with Crippen molar-refractivity contribution in [1.29, 1.82) is 0 Å². The maximum atomic E-state index is 12.4. The maximum Gasteiger partial charge on any atom is 0.328 e. The van der Waals surface area contributed by atoms with Gasteiger partial charge in [-0.3, -0.25) is 14.1 Å². The van der Waals surface area contributed by atoms with E-state index in [9.17, 15) is 32.8 Å². The smallest absolute Gasteiger partial charge is 0.328 e. The molecule has 0 fully saturated rings. The predicted molar refractivity (Wildman–Crippen MR) is 164 cm³/mol. The number of hydrogen-bond donors (Lipinski definition) is 3. The van der Waals surface area contributed by atoms with Crippen LogP contribution in [-0.2, 0) is 19.7 Å². The number of hydrogen-bond acceptors (Lipinski definition) is 4. The summed E-state index contributed by atoms with van der Waals surface area (Å²) in [5.41, 5.74) is 0. The molecule has 2 atom stereocenters. The minimum Gasteiger partial charge on any atom is -0.481 e. The van der Waals surface area contributed by atoms with Crippen molar-refractivity contribution in [2.75, 3.05) is 0 Å². The molecule has 0 bridgehead atoms. The van der Waals surface area contributed by atoms with Crippen molar-refractivity contribution in [1.82, 2.24) is 0 Å². The molecule has 8 heteroatoms. The predicted octanol–water partition coefficient (Wildman–Crippen LogP) is 9.58. The van der Waals surface area contributed by atoms with Crippen molar-refractivity contribution in [2.45, 2.75) is 186 Å². The summed E-state index contributed by atoms with van der Waals surface area (Å²) in [6, 6.07) is 0. The molecule has 0 aromatic rings. The monoisotopic (exact) mass is 590 g/mol. The lowest BCUT2D eigenvalue weighted by molar-refractivity contribution is -0.152. The van der Waals surface area contributed by atoms with Crippen molar-refractivity contribution in [3.8, 4) is 0 Å². The summed E-state index contributed by atoms with van der Waals surface area (Å²) in [7, 11) is -5.13. The summed E-state index contributed by atoms with van der Waals surface area (Å²) in [4.78, 5) is 24.3. The molecule has 0 saturated heterocycles. The standard InChI is InChI=1S/C32H62O7S/c1-3-5-7-9-11-13-14-15-16-17-18-19-20-21-23-25-27-29(30(33)34)32(31(35)36,40(37,38)39)28-26-24-22-12-10-8-6-4-2/h29H,3-28H2,1-2H3,(H,33,34)(H,35,36)(H,37,38,39). The molecule has 0 heterocycles. The highest BCUT2D eigenvalue weighted by Gasteiger charge is 2.58. The molecule has 7 nitrogen and oxygen atoms in total. The van der Waals surface area contributed by atoms with Crippen LogP contribution in [-0.4, -0.2) is 39.9 Å². The Morgan fingerprint density at radius 3 is 1.12 bits per heavy atom. The Balaban J connectivity index is 4.42. The summed E-state index contributed by atoms with van der Waals surface area (Å²) < 4.78 is 32.0. The molecule has 0 aromatic carbocycles. The van der Waals surface area contributed by atoms with Gasteiger partial charge in [-0.25, -0.2) is 0 Å². The average Bonchev–Trinajstić information content (AvgIpc) is 2.89. The second-order valence-electron chi connectivity index (χ2n) is 11.9. The molecule has 0 aliphatic heterocycles. The molecule has 0 saturated carbocycles. The highest BCUT2D eigenvalue weighted by Crippen LogP contribution is 2.37. The van der Waals surface area contributed by atoms with Crippen LogP contribution < -0.4 is 0 Å². The first-order chi connectivity index (χ1) is 19.1. The van der Waals surface area contributed by atoms with Gasteiger partial charge in [0, 0.05) is 0 Å². The van der Waals surface area contributed by atoms with E-state index in [1.807, 2.05) is 0 Å². The fraction of sp³-hybridized carbons (Fsp3) is 0.938. The van der Waals surface area contributed by atoms with Crippen LogP contribution in [0.2, 0.25) is 0 Å². The highest BCUT2D eigenvalue weighted by molar-refractivity contribution is 7.88. The first-order valence-corrected chi connectivity index (χ1v) is 18.0. The highest BCUT2D eigenvalue weighted by atomic mass is 32.2. The van der Waals surface area contributed by atoms with Gasteiger partial charge in [-0.1, -0.05) is 168 Å². The SMILES string of the molecule is CCCCCCCCCCCCCCCCCCC(C(=O)O)C(CCCCCCCCCC)(C(=O)O)S(=O)(=O)O. The number of rotatable bonds is 30. The lowest BCUT2D eigenvalue weighted by Gasteiger charge is -2.32. The Kier molecular flexibility index (Phi) is 23.7. The van der Waals surface area contributed by atoms with E-state index < -0.39 is 32.7 Å². The molecular formula is C32H62O7S. The van der Waals surface area contributed by atoms with E-state index in [2.05, 4.69) is 13.8 Å². The summed E-state index contributed by atoms with van der Waals surface area (Å²) in [6.07, 6.45) is 25.4. The zero-order chi connectivity index (χ0) is 30.1. The molecule has 0 aliphatic carbocycles. The van der Waals surface area contributed by atoms with Crippen molar-refractivity contribution in [2.24, 2.45) is 5.92 Å². The largest absolute Gasteiger partial charge is 0.481 e. The van der Waals surface area contributed by atoms with E-state index in [0.717, 1.165) is 57.8 Å². The molecule has 0 radical (unpaired) electrons. The number of unbranched alkanes of at least 4 members (excludes halogenated alkanes) is 22. The fourth-order valence-corrected chi connectivity index (χ4v) is 7.02. The Hall–Kier alpha value is -1.15. The second kappa shape index (κ2) is 24.4. The number of aliphatic carboxylic acids is 2. The second-order valence-corrected chi connectivity index (χ2v) is 13.6.